The number of nitro groups is 1. The van der Waals surface area contributed by atoms with Gasteiger partial charge in [0.25, 0.3) is 5.69 Å². The molecule has 1 aromatic carbocycles. The van der Waals surface area contributed by atoms with Crippen molar-refractivity contribution in [2.45, 2.75) is 25.0 Å². The highest BCUT2D eigenvalue weighted by molar-refractivity contribution is 6.23. The molecule has 4 atom stereocenters. The van der Waals surface area contributed by atoms with E-state index in [1.807, 2.05) is 26.0 Å². The molecule has 3 aliphatic rings. The van der Waals surface area contributed by atoms with Crippen LogP contribution in [0.5, 0.6) is 0 Å². The summed E-state index contributed by atoms with van der Waals surface area (Å²) in [6.07, 6.45) is 3.69. The van der Waals surface area contributed by atoms with E-state index in [0.29, 0.717) is 5.69 Å². The number of rotatable bonds is 2. The largest absolute Gasteiger partial charge is 0.359 e. The fourth-order valence-corrected chi connectivity index (χ4v) is 4.01. The first kappa shape index (κ1) is 14.1. The van der Waals surface area contributed by atoms with Crippen molar-refractivity contribution in [3.05, 3.63) is 46.5 Å². The van der Waals surface area contributed by atoms with Gasteiger partial charge in [-0.05, 0) is 26.0 Å². The second-order valence-corrected chi connectivity index (χ2v) is 6.54. The van der Waals surface area contributed by atoms with Crippen LogP contribution in [0.3, 0.4) is 0 Å². The van der Waals surface area contributed by atoms with Gasteiger partial charge in [-0.25, -0.2) is 4.90 Å². The lowest BCUT2D eigenvalue weighted by Crippen LogP contribution is -2.39. The average molecular weight is 314 g/mol. The number of ether oxygens (including phenoxy) is 1. The van der Waals surface area contributed by atoms with Gasteiger partial charge in [0.05, 0.1) is 33.6 Å². The number of fused-ring (bicyclic) bond motifs is 5. The van der Waals surface area contributed by atoms with Gasteiger partial charge in [-0.3, -0.25) is 19.7 Å². The van der Waals surface area contributed by atoms with Gasteiger partial charge < -0.3 is 4.74 Å². The number of hydrogen-bond acceptors (Lipinski definition) is 5. The van der Waals surface area contributed by atoms with E-state index in [4.69, 9.17) is 4.74 Å². The van der Waals surface area contributed by atoms with Crippen molar-refractivity contribution < 1.29 is 19.2 Å². The Hall–Kier alpha value is -2.54. The summed E-state index contributed by atoms with van der Waals surface area (Å²) in [4.78, 5) is 37.0. The second kappa shape index (κ2) is 4.05. The molecule has 118 valence electrons. The summed E-state index contributed by atoms with van der Waals surface area (Å²) in [5.41, 5.74) is -1.28. The van der Waals surface area contributed by atoms with Crippen molar-refractivity contribution in [1.82, 2.24) is 0 Å². The number of anilines is 1. The zero-order valence-electron chi connectivity index (χ0n) is 12.6. The van der Waals surface area contributed by atoms with Crippen LogP contribution in [-0.2, 0) is 14.3 Å². The van der Waals surface area contributed by atoms with Crippen LogP contribution in [0.2, 0.25) is 0 Å². The first-order chi connectivity index (χ1) is 10.8. The van der Waals surface area contributed by atoms with Gasteiger partial charge >= 0.3 is 0 Å². The molecule has 2 saturated heterocycles. The molecule has 0 N–H and O–H groups in total. The molecule has 1 aromatic rings. The van der Waals surface area contributed by atoms with Crippen LogP contribution in [0, 0.1) is 22.0 Å². The fourth-order valence-electron chi connectivity index (χ4n) is 4.01. The molecule has 2 fully saturated rings. The molecule has 3 aliphatic heterocycles. The van der Waals surface area contributed by atoms with E-state index in [0.717, 1.165) is 4.90 Å². The van der Waals surface area contributed by atoms with Crippen molar-refractivity contribution in [2.75, 3.05) is 4.90 Å². The van der Waals surface area contributed by atoms with Crippen molar-refractivity contribution in [3.8, 4) is 0 Å². The summed E-state index contributed by atoms with van der Waals surface area (Å²) >= 11 is 0. The maximum atomic E-state index is 12.8. The Morgan fingerprint density at radius 1 is 1.04 bits per heavy atom. The van der Waals surface area contributed by atoms with Crippen LogP contribution < -0.4 is 4.90 Å². The Balaban J connectivity index is 1.75. The zero-order chi connectivity index (χ0) is 16.6. The summed E-state index contributed by atoms with van der Waals surface area (Å²) < 4.78 is 5.92. The van der Waals surface area contributed by atoms with Crippen LogP contribution in [0.15, 0.2) is 36.4 Å². The third-order valence-electron chi connectivity index (χ3n) is 5.05. The monoisotopic (exact) mass is 314 g/mol. The number of amides is 2. The Morgan fingerprint density at radius 2 is 1.52 bits per heavy atom. The topological polar surface area (TPSA) is 89.8 Å². The molecule has 7 heteroatoms. The van der Waals surface area contributed by atoms with Crippen LogP contribution in [0.4, 0.5) is 11.4 Å². The lowest BCUT2D eigenvalue weighted by molar-refractivity contribution is -0.384. The van der Waals surface area contributed by atoms with Gasteiger partial charge in [0.15, 0.2) is 0 Å². The van der Waals surface area contributed by atoms with E-state index in [1.165, 1.54) is 24.3 Å². The number of benzene rings is 1. The number of imide groups is 1. The van der Waals surface area contributed by atoms with Crippen molar-refractivity contribution in [3.63, 3.8) is 0 Å². The third-order valence-corrected chi connectivity index (χ3v) is 5.05. The van der Waals surface area contributed by atoms with Crippen molar-refractivity contribution in [1.29, 1.82) is 0 Å². The first-order valence-corrected chi connectivity index (χ1v) is 7.30. The highest BCUT2D eigenvalue weighted by Crippen LogP contribution is 2.57. The summed E-state index contributed by atoms with van der Waals surface area (Å²) in [6, 6.07) is 5.43. The molecule has 0 aliphatic carbocycles. The van der Waals surface area contributed by atoms with E-state index in [2.05, 4.69) is 0 Å². The summed E-state index contributed by atoms with van der Waals surface area (Å²) in [6.45, 7) is 3.62. The second-order valence-electron chi connectivity index (χ2n) is 6.54. The van der Waals surface area contributed by atoms with Gasteiger partial charge in [0.2, 0.25) is 11.8 Å². The van der Waals surface area contributed by atoms with Gasteiger partial charge in [-0.2, -0.15) is 0 Å². The molecule has 4 rings (SSSR count). The number of non-ortho nitro benzene ring substituents is 1. The predicted octanol–water partition coefficient (Wildman–Crippen LogP) is 1.82. The molecule has 0 saturated carbocycles. The van der Waals surface area contributed by atoms with Gasteiger partial charge in [0.1, 0.15) is 0 Å². The van der Waals surface area contributed by atoms with Gasteiger partial charge in [0, 0.05) is 12.1 Å². The molecule has 3 heterocycles. The minimum atomic E-state index is -0.776. The Bertz CT molecular complexity index is 750. The maximum absolute atomic E-state index is 12.8. The lowest BCUT2D eigenvalue weighted by atomic mass is 9.73. The molecular weight excluding hydrogens is 300 g/mol. The fraction of sp³-hybridized carbons (Fsp3) is 0.375. The Morgan fingerprint density at radius 3 is 1.96 bits per heavy atom. The third kappa shape index (κ3) is 1.62. The Labute approximate surface area is 131 Å². The zero-order valence-corrected chi connectivity index (χ0v) is 12.6. The highest BCUT2D eigenvalue weighted by Gasteiger charge is 2.70. The first-order valence-electron chi connectivity index (χ1n) is 7.30. The molecule has 23 heavy (non-hydrogen) atoms. The maximum Gasteiger partial charge on any atom is 0.269 e. The van der Waals surface area contributed by atoms with E-state index < -0.39 is 28.0 Å². The van der Waals surface area contributed by atoms with Crippen LogP contribution in [-0.4, -0.2) is 27.9 Å². The van der Waals surface area contributed by atoms with Crippen LogP contribution in [0.1, 0.15) is 13.8 Å². The summed E-state index contributed by atoms with van der Waals surface area (Å²) in [5, 5.41) is 10.7. The summed E-state index contributed by atoms with van der Waals surface area (Å²) in [5.74, 6) is -1.74. The standard InChI is InChI=1S/C16H14N2O5/c1-15-7-8-16(2,23-15)12-11(15)13(19)17(14(12)20)9-3-5-10(6-4-9)18(21)22/h3-8,11-12H,1-2H3/t11-,12-,15+,16+/m1/s1. The van der Waals surface area contributed by atoms with E-state index in [1.54, 1.807) is 0 Å². The number of hydrogen-bond donors (Lipinski definition) is 0. The molecule has 2 bridgehead atoms. The van der Waals surface area contributed by atoms with Crippen LogP contribution in [0.25, 0.3) is 0 Å². The lowest BCUT2D eigenvalue weighted by Gasteiger charge is -2.25. The molecule has 0 aromatic heterocycles. The highest BCUT2D eigenvalue weighted by atomic mass is 16.6. The molecule has 0 radical (unpaired) electrons. The van der Waals surface area contributed by atoms with Gasteiger partial charge in [-0.15, -0.1) is 0 Å². The minimum absolute atomic E-state index is 0.0861. The number of nitro benzene ring substituents is 1. The molecule has 0 unspecified atom stereocenters. The quantitative estimate of drug-likeness (QED) is 0.359. The predicted molar refractivity (Wildman–Crippen MR) is 79.6 cm³/mol. The van der Waals surface area contributed by atoms with Crippen molar-refractivity contribution in [2.24, 2.45) is 11.8 Å². The molecular formula is C16H14N2O5. The number of carbonyl (C=O) groups excluding carboxylic acids is 2. The molecule has 0 spiro atoms. The minimum Gasteiger partial charge on any atom is -0.359 e. The normalized spacial score (nSPS) is 37.6. The van der Waals surface area contributed by atoms with E-state index >= 15 is 0 Å². The smallest absolute Gasteiger partial charge is 0.269 e. The van der Waals surface area contributed by atoms with E-state index in [9.17, 15) is 19.7 Å². The SMILES string of the molecule is C[C@@]12C=C[C@](C)(O1)[C@H]1C(=O)N(c3ccc([N+](=O)[O-])cc3)C(=O)[C@@H]12. The van der Waals surface area contributed by atoms with Crippen molar-refractivity contribution >= 4 is 23.2 Å². The average Bonchev–Trinajstić information content (AvgIpc) is 3.04. The summed E-state index contributed by atoms with van der Waals surface area (Å²) in [7, 11) is 0. The van der Waals surface area contributed by atoms with Gasteiger partial charge in [-0.1, -0.05) is 12.2 Å². The number of carbonyl (C=O) groups is 2. The molecule has 2 amide bonds. The number of nitrogens with zero attached hydrogens (tertiary/aromatic N) is 2. The van der Waals surface area contributed by atoms with Crippen LogP contribution >= 0.6 is 0 Å². The Kier molecular flexibility index (Phi) is 2.48. The molecule has 7 nitrogen and oxygen atoms in total. The van der Waals surface area contributed by atoms with E-state index in [-0.39, 0.29) is 17.5 Å².